The second kappa shape index (κ2) is 7.68. The number of aliphatic hydroxyl groups is 1. The molecule has 152 valence electrons. The molecule has 0 unspecified atom stereocenters. The highest BCUT2D eigenvalue weighted by atomic mass is 16.3. The van der Waals surface area contributed by atoms with Crippen LogP contribution in [0.4, 0.5) is 5.82 Å². The Bertz CT molecular complexity index is 985. The molecule has 3 aromatic heterocycles. The number of aliphatic hydroxyl groups excluding tert-OH is 1. The Morgan fingerprint density at radius 1 is 1.14 bits per heavy atom. The molecule has 1 aliphatic heterocycles. The van der Waals surface area contributed by atoms with Gasteiger partial charge in [-0.3, -0.25) is 14.6 Å². The van der Waals surface area contributed by atoms with Gasteiger partial charge in [-0.2, -0.15) is 5.10 Å². The summed E-state index contributed by atoms with van der Waals surface area (Å²) in [5.74, 6) is 2.48. The minimum Gasteiger partial charge on any atom is -0.396 e. The molecule has 0 aromatic carbocycles. The third-order valence-corrected chi connectivity index (χ3v) is 6.07. The lowest BCUT2D eigenvalue weighted by Crippen LogP contribution is -2.54. The molecule has 1 saturated heterocycles. The Labute approximate surface area is 170 Å². The Balaban J connectivity index is 1.50. The van der Waals surface area contributed by atoms with E-state index in [-0.39, 0.29) is 6.61 Å². The number of nitrogens with zero attached hydrogens (tertiary/aromatic N) is 7. The lowest BCUT2D eigenvalue weighted by atomic mass is 10.1. The normalized spacial score (nSPS) is 20.5. The number of aromatic nitrogens is 5. The average molecular weight is 393 g/mol. The lowest BCUT2D eigenvalue weighted by Gasteiger charge is -2.42. The van der Waals surface area contributed by atoms with Crippen molar-refractivity contribution < 1.29 is 5.11 Å². The smallest absolute Gasteiger partial charge is 0.164 e. The van der Waals surface area contributed by atoms with Crippen LogP contribution >= 0.6 is 0 Å². The van der Waals surface area contributed by atoms with Crippen LogP contribution in [-0.4, -0.2) is 73.6 Å². The van der Waals surface area contributed by atoms with E-state index < -0.39 is 0 Å². The molecule has 0 radical (unpaired) electrons. The van der Waals surface area contributed by atoms with Gasteiger partial charge in [0.2, 0.25) is 0 Å². The summed E-state index contributed by atoms with van der Waals surface area (Å²) in [6.45, 7) is 4.16. The standard InChI is InChI=1S/C21H27N7O/c1-26-20-18(12-23-26)21(25-19(24-20)16-4-7-22-8-5-16)28-10-9-27(13-15-2-3-15)17(14-28)6-11-29/h4-5,7-8,12,15,17,29H,2-3,6,9-11,13-14H2,1H3/t17-/m1/s1. The number of anilines is 1. The summed E-state index contributed by atoms with van der Waals surface area (Å²) in [5.41, 5.74) is 1.78. The molecule has 8 heteroatoms. The fourth-order valence-corrected chi connectivity index (χ4v) is 4.26. The van der Waals surface area contributed by atoms with Crippen molar-refractivity contribution in [3.63, 3.8) is 0 Å². The van der Waals surface area contributed by atoms with Crippen LogP contribution in [0.1, 0.15) is 19.3 Å². The van der Waals surface area contributed by atoms with Crippen LogP contribution in [0.2, 0.25) is 0 Å². The first-order valence-corrected chi connectivity index (χ1v) is 10.4. The van der Waals surface area contributed by atoms with Crippen molar-refractivity contribution in [1.29, 1.82) is 0 Å². The van der Waals surface area contributed by atoms with Gasteiger partial charge >= 0.3 is 0 Å². The molecule has 4 heterocycles. The number of aryl methyl sites for hydroxylation is 1. The van der Waals surface area contributed by atoms with Gasteiger partial charge in [-0.1, -0.05) is 0 Å². The number of hydrogen-bond acceptors (Lipinski definition) is 7. The number of rotatable bonds is 6. The molecule has 5 rings (SSSR count). The van der Waals surface area contributed by atoms with E-state index in [0.717, 1.165) is 60.9 Å². The molecule has 1 saturated carbocycles. The molecule has 0 amide bonds. The molecular weight excluding hydrogens is 366 g/mol. The molecule has 29 heavy (non-hydrogen) atoms. The molecule has 2 fully saturated rings. The van der Waals surface area contributed by atoms with E-state index in [1.807, 2.05) is 25.4 Å². The van der Waals surface area contributed by atoms with Crippen LogP contribution in [0.15, 0.2) is 30.7 Å². The molecule has 8 nitrogen and oxygen atoms in total. The highest BCUT2D eigenvalue weighted by Crippen LogP contribution is 2.33. The zero-order valence-electron chi connectivity index (χ0n) is 16.8. The highest BCUT2D eigenvalue weighted by molar-refractivity contribution is 5.88. The highest BCUT2D eigenvalue weighted by Gasteiger charge is 2.33. The summed E-state index contributed by atoms with van der Waals surface area (Å²) in [6.07, 6.45) is 8.88. The monoisotopic (exact) mass is 393 g/mol. The molecule has 0 spiro atoms. The second-order valence-electron chi connectivity index (χ2n) is 8.16. The van der Waals surface area contributed by atoms with E-state index in [1.54, 1.807) is 17.1 Å². The fourth-order valence-electron chi connectivity index (χ4n) is 4.26. The predicted molar refractivity (Wildman–Crippen MR) is 112 cm³/mol. The maximum atomic E-state index is 9.62. The van der Waals surface area contributed by atoms with Gasteiger partial charge in [-0.05, 0) is 37.3 Å². The van der Waals surface area contributed by atoms with Crippen LogP contribution in [0.3, 0.4) is 0 Å². The van der Waals surface area contributed by atoms with Crippen LogP contribution in [0.25, 0.3) is 22.4 Å². The van der Waals surface area contributed by atoms with Crippen LogP contribution in [0.5, 0.6) is 0 Å². The summed E-state index contributed by atoms with van der Waals surface area (Å²) in [7, 11) is 1.91. The molecular formula is C21H27N7O. The van der Waals surface area contributed by atoms with Crippen molar-refractivity contribution in [2.45, 2.75) is 25.3 Å². The number of piperazine rings is 1. The Kier molecular flexibility index (Phi) is 4.89. The van der Waals surface area contributed by atoms with E-state index in [2.05, 4.69) is 19.9 Å². The minimum absolute atomic E-state index is 0.216. The molecule has 0 bridgehead atoms. The summed E-state index contributed by atoms with van der Waals surface area (Å²) in [6, 6.07) is 4.22. The first kappa shape index (κ1) is 18.4. The van der Waals surface area contributed by atoms with Gasteiger partial charge in [0.25, 0.3) is 0 Å². The zero-order chi connectivity index (χ0) is 19.8. The Morgan fingerprint density at radius 3 is 2.72 bits per heavy atom. The second-order valence-corrected chi connectivity index (χ2v) is 8.16. The van der Waals surface area contributed by atoms with Gasteiger partial charge in [0, 0.05) is 63.8 Å². The SMILES string of the molecule is Cn1ncc2c(N3CCN(CC4CC4)[C@H](CCO)C3)nc(-c3ccncc3)nc21. The number of fused-ring (bicyclic) bond motifs is 1. The van der Waals surface area contributed by atoms with Crippen molar-refractivity contribution in [3.05, 3.63) is 30.7 Å². The molecule has 1 atom stereocenters. The maximum Gasteiger partial charge on any atom is 0.164 e. The lowest BCUT2D eigenvalue weighted by molar-refractivity contribution is 0.137. The zero-order valence-corrected chi connectivity index (χ0v) is 16.8. The Morgan fingerprint density at radius 2 is 1.97 bits per heavy atom. The van der Waals surface area contributed by atoms with Crippen LogP contribution in [-0.2, 0) is 7.05 Å². The first-order chi connectivity index (χ1) is 14.2. The summed E-state index contributed by atoms with van der Waals surface area (Å²) < 4.78 is 1.81. The van der Waals surface area contributed by atoms with Crippen molar-refractivity contribution in [3.8, 4) is 11.4 Å². The molecule has 3 aromatic rings. The Hall–Kier alpha value is -2.58. The molecule has 2 aliphatic rings. The van der Waals surface area contributed by atoms with E-state index >= 15 is 0 Å². The van der Waals surface area contributed by atoms with Gasteiger partial charge in [-0.25, -0.2) is 9.97 Å². The van der Waals surface area contributed by atoms with E-state index in [9.17, 15) is 5.11 Å². The predicted octanol–water partition coefficient (Wildman–Crippen LogP) is 1.71. The van der Waals surface area contributed by atoms with Gasteiger partial charge < -0.3 is 10.0 Å². The number of hydrogen-bond donors (Lipinski definition) is 1. The van der Waals surface area contributed by atoms with Gasteiger partial charge in [0.1, 0.15) is 5.82 Å². The third-order valence-electron chi connectivity index (χ3n) is 6.07. The van der Waals surface area contributed by atoms with Crippen molar-refractivity contribution >= 4 is 16.9 Å². The molecule has 1 N–H and O–H groups in total. The minimum atomic E-state index is 0.216. The van der Waals surface area contributed by atoms with E-state index in [0.29, 0.717) is 11.9 Å². The van der Waals surface area contributed by atoms with Crippen molar-refractivity contribution in [2.75, 3.05) is 37.7 Å². The topological polar surface area (TPSA) is 83.2 Å². The quantitative estimate of drug-likeness (QED) is 0.682. The summed E-state index contributed by atoms with van der Waals surface area (Å²) in [4.78, 5) is 18.7. The van der Waals surface area contributed by atoms with Crippen molar-refractivity contribution in [2.24, 2.45) is 13.0 Å². The van der Waals surface area contributed by atoms with Crippen molar-refractivity contribution in [1.82, 2.24) is 29.6 Å². The van der Waals surface area contributed by atoms with Gasteiger partial charge in [0.15, 0.2) is 11.5 Å². The largest absolute Gasteiger partial charge is 0.396 e. The van der Waals surface area contributed by atoms with Crippen LogP contribution < -0.4 is 4.90 Å². The maximum absolute atomic E-state index is 9.62. The average Bonchev–Trinajstić information content (AvgIpc) is 3.50. The fraction of sp³-hybridized carbons (Fsp3) is 0.524. The van der Waals surface area contributed by atoms with Gasteiger partial charge in [-0.15, -0.1) is 0 Å². The van der Waals surface area contributed by atoms with Crippen LogP contribution in [0, 0.1) is 5.92 Å². The summed E-state index contributed by atoms with van der Waals surface area (Å²) >= 11 is 0. The van der Waals surface area contributed by atoms with E-state index in [4.69, 9.17) is 9.97 Å². The first-order valence-electron chi connectivity index (χ1n) is 10.4. The third kappa shape index (κ3) is 3.70. The number of pyridine rings is 1. The summed E-state index contributed by atoms with van der Waals surface area (Å²) in [5, 5.41) is 15.0. The molecule has 1 aliphatic carbocycles. The van der Waals surface area contributed by atoms with Gasteiger partial charge in [0.05, 0.1) is 11.6 Å². The van der Waals surface area contributed by atoms with E-state index in [1.165, 1.54) is 12.8 Å².